The van der Waals surface area contributed by atoms with E-state index in [9.17, 15) is 8.42 Å². The van der Waals surface area contributed by atoms with Gasteiger partial charge in [0.25, 0.3) is 10.2 Å². The van der Waals surface area contributed by atoms with Crippen LogP contribution >= 0.6 is 11.6 Å². The molecule has 1 N–H and O–H groups in total. The van der Waals surface area contributed by atoms with Crippen molar-refractivity contribution in [1.29, 1.82) is 0 Å². The number of alkyl halides is 1. The van der Waals surface area contributed by atoms with E-state index < -0.39 is 10.2 Å². The number of nitrogens with one attached hydrogen (secondary N) is 1. The van der Waals surface area contributed by atoms with Crippen LogP contribution in [0.5, 0.6) is 0 Å². The molecule has 1 saturated heterocycles. The van der Waals surface area contributed by atoms with E-state index in [0.29, 0.717) is 13.1 Å². The van der Waals surface area contributed by atoms with Crippen LogP contribution in [-0.2, 0) is 10.2 Å². The second kappa shape index (κ2) is 5.87. The molecule has 0 amide bonds. The molecule has 1 aliphatic heterocycles. The topological polar surface area (TPSA) is 49.4 Å². The summed E-state index contributed by atoms with van der Waals surface area (Å²) in [5, 5.41) is 0.228. The molecule has 0 radical (unpaired) electrons. The zero-order chi connectivity index (χ0) is 12.3. The SMILES string of the molecule is O=S(=O)(NC1CCC(Cl)CC1)N1CCCCC1. The maximum absolute atomic E-state index is 12.1. The van der Waals surface area contributed by atoms with E-state index in [4.69, 9.17) is 11.6 Å². The van der Waals surface area contributed by atoms with Crippen LogP contribution in [0, 0.1) is 0 Å². The van der Waals surface area contributed by atoms with E-state index in [1.54, 1.807) is 4.31 Å². The third-order valence-electron chi connectivity index (χ3n) is 3.63. The predicted octanol–water partition coefficient (Wildman–Crippen LogP) is 1.86. The molecule has 0 aromatic heterocycles. The first-order chi connectivity index (χ1) is 8.08. The summed E-state index contributed by atoms with van der Waals surface area (Å²) in [7, 11) is -3.26. The summed E-state index contributed by atoms with van der Waals surface area (Å²) in [6.45, 7) is 1.33. The van der Waals surface area contributed by atoms with Gasteiger partial charge in [-0.05, 0) is 38.5 Å². The minimum absolute atomic E-state index is 0.0805. The summed E-state index contributed by atoms with van der Waals surface area (Å²) in [4.78, 5) is 0. The summed E-state index contributed by atoms with van der Waals surface area (Å²) < 4.78 is 28.6. The Morgan fingerprint density at radius 2 is 1.59 bits per heavy atom. The number of hydrogen-bond acceptors (Lipinski definition) is 2. The van der Waals surface area contributed by atoms with Gasteiger partial charge < -0.3 is 0 Å². The molecule has 0 unspecified atom stereocenters. The summed E-state index contributed by atoms with van der Waals surface area (Å²) in [5.41, 5.74) is 0. The summed E-state index contributed by atoms with van der Waals surface area (Å²) in [6.07, 6.45) is 6.65. The van der Waals surface area contributed by atoms with Gasteiger partial charge in [0, 0.05) is 24.5 Å². The second-order valence-electron chi connectivity index (χ2n) is 5.03. The standard InChI is InChI=1S/C11H21ClN2O2S/c12-10-4-6-11(7-5-10)13-17(15,16)14-8-2-1-3-9-14/h10-11,13H,1-9H2. The largest absolute Gasteiger partial charge is 0.279 e. The molecule has 100 valence electrons. The monoisotopic (exact) mass is 280 g/mol. The van der Waals surface area contributed by atoms with E-state index in [0.717, 1.165) is 44.9 Å². The van der Waals surface area contributed by atoms with Crippen molar-refractivity contribution in [2.75, 3.05) is 13.1 Å². The van der Waals surface area contributed by atoms with Crippen LogP contribution < -0.4 is 4.72 Å². The van der Waals surface area contributed by atoms with Crippen molar-refractivity contribution in [3.8, 4) is 0 Å². The molecule has 2 aliphatic rings. The molecule has 0 aromatic rings. The molecular formula is C11H21ClN2O2S. The first-order valence-corrected chi connectivity index (χ1v) is 8.37. The Morgan fingerprint density at radius 1 is 1.00 bits per heavy atom. The zero-order valence-electron chi connectivity index (χ0n) is 10.1. The Bertz CT molecular complexity index is 333. The molecular weight excluding hydrogens is 260 g/mol. The van der Waals surface area contributed by atoms with Crippen LogP contribution in [-0.4, -0.2) is 37.2 Å². The lowest BCUT2D eigenvalue weighted by molar-refractivity contribution is 0.330. The lowest BCUT2D eigenvalue weighted by Crippen LogP contribution is -2.48. The minimum atomic E-state index is -3.26. The van der Waals surface area contributed by atoms with Gasteiger partial charge in [-0.3, -0.25) is 0 Å². The number of rotatable bonds is 3. The molecule has 0 bridgehead atoms. The van der Waals surface area contributed by atoms with Crippen LogP contribution in [0.3, 0.4) is 0 Å². The van der Waals surface area contributed by atoms with E-state index in [2.05, 4.69) is 4.72 Å². The molecule has 1 aliphatic carbocycles. The lowest BCUT2D eigenvalue weighted by atomic mass is 9.96. The molecule has 4 nitrogen and oxygen atoms in total. The molecule has 1 heterocycles. The quantitative estimate of drug-likeness (QED) is 0.802. The van der Waals surface area contributed by atoms with Gasteiger partial charge in [0.05, 0.1) is 0 Å². The van der Waals surface area contributed by atoms with Gasteiger partial charge in [0.15, 0.2) is 0 Å². The van der Waals surface area contributed by atoms with Gasteiger partial charge in [-0.2, -0.15) is 17.4 Å². The molecule has 6 heteroatoms. The van der Waals surface area contributed by atoms with Gasteiger partial charge in [0.1, 0.15) is 0 Å². The van der Waals surface area contributed by atoms with Crippen molar-refractivity contribution in [1.82, 2.24) is 9.03 Å². The number of piperidine rings is 1. The fraction of sp³-hybridized carbons (Fsp3) is 1.00. The molecule has 2 fully saturated rings. The average molecular weight is 281 g/mol. The Labute approximate surface area is 109 Å². The van der Waals surface area contributed by atoms with Crippen molar-refractivity contribution < 1.29 is 8.42 Å². The summed E-state index contributed by atoms with van der Waals surface area (Å²) in [5.74, 6) is 0. The van der Waals surface area contributed by atoms with Gasteiger partial charge in [-0.15, -0.1) is 11.6 Å². The van der Waals surface area contributed by atoms with Crippen molar-refractivity contribution >= 4 is 21.8 Å². The number of nitrogens with zero attached hydrogens (tertiary/aromatic N) is 1. The molecule has 0 atom stereocenters. The fourth-order valence-electron chi connectivity index (χ4n) is 2.56. The van der Waals surface area contributed by atoms with E-state index in [1.165, 1.54) is 0 Å². The highest BCUT2D eigenvalue weighted by atomic mass is 35.5. The van der Waals surface area contributed by atoms with Crippen LogP contribution in [0.1, 0.15) is 44.9 Å². The summed E-state index contributed by atoms with van der Waals surface area (Å²) >= 11 is 6.01. The van der Waals surface area contributed by atoms with Crippen LogP contribution in [0.4, 0.5) is 0 Å². The van der Waals surface area contributed by atoms with Crippen LogP contribution in [0.15, 0.2) is 0 Å². The van der Waals surface area contributed by atoms with Gasteiger partial charge >= 0.3 is 0 Å². The van der Waals surface area contributed by atoms with Crippen molar-refractivity contribution in [3.05, 3.63) is 0 Å². The molecule has 0 spiro atoms. The Morgan fingerprint density at radius 3 is 2.18 bits per heavy atom. The van der Waals surface area contributed by atoms with Gasteiger partial charge in [0.2, 0.25) is 0 Å². The van der Waals surface area contributed by atoms with Crippen molar-refractivity contribution in [2.24, 2.45) is 0 Å². The first-order valence-electron chi connectivity index (χ1n) is 6.49. The van der Waals surface area contributed by atoms with Gasteiger partial charge in [-0.1, -0.05) is 6.42 Å². The Hall–Kier alpha value is 0.160. The molecule has 1 saturated carbocycles. The van der Waals surface area contributed by atoms with Gasteiger partial charge in [-0.25, -0.2) is 0 Å². The molecule has 0 aromatic carbocycles. The normalized spacial score (nSPS) is 32.5. The van der Waals surface area contributed by atoms with Crippen molar-refractivity contribution in [2.45, 2.75) is 56.4 Å². The van der Waals surface area contributed by atoms with Crippen LogP contribution in [0.25, 0.3) is 0 Å². The third kappa shape index (κ3) is 3.81. The maximum Gasteiger partial charge on any atom is 0.279 e. The average Bonchev–Trinajstić information content (AvgIpc) is 2.33. The third-order valence-corrected chi connectivity index (χ3v) is 5.74. The predicted molar refractivity (Wildman–Crippen MR) is 69.4 cm³/mol. The van der Waals surface area contributed by atoms with Crippen LogP contribution in [0.2, 0.25) is 0 Å². The zero-order valence-corrected chi connectivity index (χ0v) is 11.6. The highest BCUT2D eigenvalue weighted by Gasteiger charge is 2.28. The first kappa shape index (κ1) is 13.6. The van der Waals surface area contributed by atoms with E-state index >= 15 is 0 Å². The molecule has 17 heavy (non-hydrogen) atoms. The Kier molecular flexibility index (Phi) is 4.69. The highest BCUT2D eigenvalue weighted by Crippen LogP contribution is 2.24. The van der Waals surface area contributed by atoms with E-state index in [1.807, 2.05) is 0 Å². The smallest absolute Gasteiger partial charge is 0.199 e. The fourth-order valence-corrected chi connectivity index (χ4v) is 4.36. The maximum atomic E-state index is 12.1. The molecule has 2 rings (SSSR count). The number of halogens is 1. The number of hydrogen-bond donors (Lipinski definition) is 1. The van der Waals surface area contributed by atoms with Crippen molar-refractivity contribution in [3.63, 3.8) is 0 Å². The van der Waals surface area contributed by atoms with E-state index in [-0.39, 0.29) is 11.4 Å². The second-order valence-corrected chi connectivity index (χ2v) is 7.35. The summed E-state index contributed by atoms with van der Waals surface area (Å²) in [6, 6.07) is 0.0805. The minimum Gasteiger partial charge on any atom is -0.199 e. The highest BCUT2D eigenvalue weighted by molar-refractivity contribution is 7.87. The Balaban J connectivity index is 1.88. The lowest BCUT2D eigenvalue weighted by Gasteiger charge is -2.30.